The smallest absolute Gasteiger partial charge is 0.341 e. The van der Waals surface area contributed by atoms with Crippen molar-refractivity contribution in [2.24, 2.45) is 23.7 Å². The van der Waals surface area contributed by atoms with Crippen LogP contribution in [0.25, 0.3) is 0 Å². The van der Waals surface area contributed by atoms with Crippen LogP contribution in [0.5, 0.6) is 23.0 Å². The molecule has 650 valence electrons. The molecule has 4 aliphatic carbocycles. The maximum Gasteiger partial charge on any atom is 0.341 e. The molecular weight excluding hydrogens is 1660 g/mol. The van der Waals surface area contributed by atoms with Crippen molar-refractivity contribution in [3.8, 4) is 23.0 Å². The molecule has 0 unspecified atom stereocenters. The van der Waals surface area contributed by atoms with Gasteiger partial charge in [0.25, 0.3) is 41.4 Å². The van der Waals surface area contributed by atoms with Gasteiger partial charge in [-0.1, -0.05) is 124 Å². The van der Waals surface area contributed by atoms with Gasteiger partial charge in [-0.3, -0.25) is 52.7 Å². The number of fused-ring (bicyclic) bond motifs is 8. The van der Waals surface area contributed by atoms with Gasteiger partial charge >= 0.3 is 5.97 Å². The Hall–Kier alpha value is -10.9. The average Bonchev–Trinajstić information content (AvgIpc) is 1.65. The average molecular weight is 1750 g/mol. The predicted octanol–water partition coefficient (Wildman–Crippen LogP) is 11.6. The Kier molecular flexibility index (Phi) is 23.6. The largest absolute Gasteiger partial charge is 0.503 e. The normalized spacial score (nSPS) is 24.1. The van der Waals surface area contributed by atoms with E-state index in [0.29, 0.717) is 82.5 Å². The Labute approximate surface area is 719 Å². The summed E-state index contributed by atoms with van der Waals surface area (Å²) in [5.41, 5.74) is -4.48. The van der Waals surface area contributed by atoms with Gasteiger partial charge in [0.1, 0.15) is 39.7 Å². The minimum Gasteiger partial charge on any atom is -0.503 e. The number of nitrogens with one attached hydrogen (secondary N) is 3. The molecule has 7 amide bonds. The first-order valence-corrected chi connectivity index (χ1v) is 43.4. The van der Waals surface area contributed by atoms with Crippen molar-refractivity contribution in [2.45, 2.75) is 210 Å². The Bertz CT molecular complexity index is 5640. The number of rotatable bonds is 18. The molecule has 4 saturated carbocycles. The molecule has 12 aliphatic rings. The number of unbranched alkanes of at least 4 members (excludes halogenated alkanes) is 2. The fourth-order valence-electron chi connectivity index (χ4n) is 21.5. The number of aromatic nitrogens is 4. The minimum atomic E-state index is -1.29. The Balaban J connectivity index is 0.000000122. The molecule has 4 spiro atoms. The van der Waals surface area contributed by atoms with E-state index in [0.717, 1.165) is 129 Å². The van der Waals surface area contributed by atoms with Crippen LogP contribution in [0, 0.1) is 41.1 Å². The zero-order valence-electron chi connectivity index (χ0n) is 68.1. The van der Waals surface area contributed by atoms with Crippen LogP contribution >= 0.6 is 34.8 Å². The topological polar surface area (TPSA) is 353 Å². The molecule has 8 bridgehead atoms. The van der Waals surface area contributed by atoms with E-state index in [-0.39, 0.29) is 160 Å². The van der Waals surface area contributed by atoms with Gasteiger partial charge in [0.05, 0.1) is 50.4 Å². The summed E-state index contributed by atoms with van der Waals surface area (Å²) in [4.78, 5) is 162. The second-order valence-electron chi connectivity index (χ2n) is 35.1. The van der Waals surface area contributed by atoms with Crippen LogP contribution in [0.2, 0.25) is 15.1 Å². The summed E-state index contributed by atoms with van der Waals surface area (Å²) >= 11 is 17.4. The van der Waals surface area contributed by atoms with Crippen LogP contribution in [0.4, 0.5) is 13.2 Å². The number of amides is 7. The number of ether oxygens (including phenoxy) is 2. The number of nitrogens with zero attached hydrogens (tertiary/aromatic N) is 8. The van der Waals surface area contributed by atoms with Crippen LogP contribution in [-0.4, -0.2) is 162 Å². The molecule has 8 aliphatic heterocycles. The summed E-state index contributed by atoms with van der Waals surface area (Å²) in [5.74, 6) is -6.25. The molecule has 8 atom stereocenters. The fraction of sp³-hybridized carbons (Fsp3) is 0.483. The van der Waals surface area contributed by atoms with E-state index in [9.17, 15) is 86.0 Å². The second-order valence-corrected chi connectivity index (χ2v) is 36.3. The number of aromatic carboxylic acids is 1. The lowest BCUT2D eigenvalue weighted by Gasteiger charge is -2.44. The van der Waals surface area contributed by atoms with Gasteiger partial charge in [0.2, 0.25) is 21.7 Å². The highest BCUT2D eigenvalue weighted by Crippen LogP contribution is 2.53. The summed E-state index contributed by atoms with van der Waals surface area (Å²) in [6.45, 7) is 8.73. The molecule has 12 heterocycles. The highest BCUT2D eigenvalue weighted by Gasteiger charge is 2.59. The molecule has 4 aromatic heterocycles. The number of carboxylic acids is 1. The van der Waals surface area contributed by atoms with Crippen molar-refractivity contribution < 1.29 is 76.3 Å². The van der Waals surface area contributed by atoms with E-state index in [4.69, 9.17) is 44.3 Å². The number of hydrogen-bond donors (Lipinski definition) is 6. The van der Waals surface area contributed by atoms with Crippen molar-refractivity contribution in [1.82, 2.24) is 53.8 Å². The summed E-state index contributed by atoms with van der Waals surface area (Å²) in [7, 11) is 0. The van der Waals surface area contributed by atoms with Crippen LogP contribution in [0.15, 0.2) is 98.6 Å². The fourth-order valence-corrected chi connectivity index (χ4v) is 22.1. The van der Waals surface area contributed by atoms with Crippen molar-refractivity contribution in [2.75, 3.05) is 39.4 Å². The maximum atomic E-state index is 14.3. The number of pyridine rings is 4. The number of aromatic hydroxyl groups is 2. The van der Waals surface area contributed by atoms with Gasteiger partial charge in [-0.05, 0) is 132 Å². The summed E-state index contributed by atoms with van der Waals surface area (Å²) < 4.78 is 60.4. The third-order valence-electron chi connectivity index (χ3n) is 27.2. The lowest BCUT2D eigenvalue weighted by Crippen LogP contribution is -2.55. The van der Waals surface area contributed by atoms with E-state index < -0.39 is 74.4 Å². The number of carbonyl (C=O) groups excluding carboxylic acids is 7. The number of hydrogen-bond acceptors (Lipinski definition) is 16. The molecular formula is C89H95Cl3F3N11O17. The van der Waals surface area contributed by atoms with E-state index in [2.05, 4.69) is 16.0 Å². The molecule has 123 heavy (non-hydrogen) atoms. The van der Waals surface area contributed by atoms with Crippen LogP contribution in [0.1, 0.15) is 242 Å². The first kappa shape index (κ1) is 85.6. The Morgan fingerprint density at radius 3 is 1.00 bits per heavy atom. The van der Waals surface area contributed by atoms with Crippen LogP contribution in [0.3, 0.4) is 0 Å². The summed E-state index contributed by atoms with van der Waals surface area (Å²) in [5, 5.41) is 37.9. The highest BCUT2D eigenvalue weighted by molar-refractivity contribution is 6.31. The number of benzene rings is 3. The van der Waals surface area contributed by atoms with Gasteiger partial charge in [-0.25, -0.2) is 18.0 Å². The number of carboxylic acid groups (broad SMARTS) is 1. The Morgan fingerprint density at radius 2 is 0.699 bits per heavy atom. The first-order valence-electron chi connectivity index (χ1n) is 42.3. The molecule has 34 heteroatoms. The SMILES string of the molecule is CCCCOc1c2n(cc(C(=O)NCc3cccc(Cl)c3F)c1=O)C[C@]13CCC[C@H](CN1C2=O)C3.CCCCOc1c2n(cc(C(=O)O)c1=O)C[C@]13CCC[C@H](CN1C2=O)C3.O=C(NCc1cccc(Cl)c1F)c1cn2c(c(O)c1=O)C(=O)N1C[C@H]3CCC[C@@]1(C3)C2.O=C(NCc1cccc(Cl)c1F)c1cn2c(c(O)c1=O)C(=O)N1C[C@H]3CCC[C@@]1(C3)C2. The molecule has 8 fully saturated rings. The standard InChI is InChI=1S/C26H29ClFN3O4.2C22H21ClFN3O4.C19H24N2O5/c1-2-3-10-35-23-21-25(34)31-13-16-6-5-9-26(31,11-16)15-30(21)14-18(22(23)32)24(33)29-12-17-7-4-8-19(27)20(17)28;2*23-15-5-1-4-13(16(15)24)8-25-20(30)14-10-26-11-22-6-2-3-12(7-22)9-27(22)21(31)17(26)19(29)18(14)28;1-2-3-7-26-16-14-17(23)21-9-12-5-4-6-19(21,8-12)11-20(14)10-13(15(16)22)18(24)25/h4,7-8,14,16H,2-3,5-6,9-13,15H2,1H3,(H,29,33);2*1,4-5,10,12,29H,2-3,6-9,11H2,(H,25,30);10,12H,2-9,11H2,1H3,(H,24,25)/t16-,26+;2*12-,22+;12-,19+/m0000/s1. The number of halogens is 6. The molecule has 7 aromatic rings. The highest BCUT2D eigenvalue weighted by atomic mass is 35.5. The lowest BCUT2D eigenvalue weighted by molar-refractivity contribution is 0.0408. The quantitative estimate of drug-likeness (QED) is 0.0435. The zero-order chi connectivity index (χ0) is 87.0. The second kappa shape index (κ2) is 34.0. The third-order valence-corrected chi connectivity index (χ3v) is 28.1. The molecule has 4 saturated heterocycles. The van der Waals surface area contributed by atoms with Gasteiger partial charge in [0, 0.05) is 113 Å². The molecule has 3 aromatic carbocycles. The molecule has 6 N–H and O–H groups in total. The van der Waals surface area contributed by atoms with Crippen LogP contribution < -0.4 is 47.1 Å². The number of carbonyl (C=O) groups is 8. The van der Waals surface area contributed by atoms with Crippen molar-refractivity contribution in [1.29, 1.82) is 0 Å². The van der Waals surface area contributed by atoms with Gasteiger partial charge in [0.15, 0.2) is 45.8 Å². The van der Waals surface area contributed by atoms with E-state index in [1.165, 1.54) is 70.3 Å². The zero-order valence-corrected chi connectivity index (χ0v) is 70.3. The monoisotopic (exact) mass is 1750 g/mol. The van der Waals surface area contributed by atoms with Crippen molar-refractivity contribution >= 4 is 82.1 Å². The molecule has 28 nitrogen and oxygen atoms in total. The predicted molar refractivity (Wildman–Crippen MR) is 445 cm³/mol. The van der Waals surface area contributed by atoms with Gasteiger partial charge < -0.3 is 78.6 Å². The van der Waals surface area contributed by atoms with Crippen molar-refractivity contribution in [3.05, 3.63) is 215 Å². The molecule has 0 radical (unpaired) electrons. The lowest BCUT2D eigenvalue weighted by atomic mass is 9.79. The van der Waals surface area contributed by atoms with Gasteiger partial charge in [-0.2, -0.15) is 0 Å². The van der Waals surface area contributed by atoms with E-state index >= 15 is 0 Å². The van der Waals surface area contributed by atoms with Crippen molar-refractivity contribution in [3.63, 3.8) is 0 Å². The molecule has 19 rings (SSSR count). The van der Waals surface area contributed by atoms with Crippen LogP contribution in [-0.2, 0) is 45.8 Å². The third kappa shape index (κ3) is 15.5. The maximum absolute atomic E-state index is 14.3. The Morgan fingerprint density at radius 1 is 0.423 bits per heavy atom. The summed E-state index contributed by atoms with van der Waals surface area (Å²) in [6, 6.07) is 13.4. The van der Waals surface area contributed by atoms with Gasteiger partial charge in [-0.15, -0.1) is 0 Å². The summed E-state index contributed by atoms with van der Waals surface area (Å²) in [6.07, 6.45) is 24.4. The minimum absolute atomic E-state index is 0.0399. The van der Waals surface area contributed by atoms with E-state index in [1.807, 2.05) is 23.6 Å². The van der Waals surface area contributed by atoms with E-state index in [1.54, 1.807) is 37.1 Å². The first-order chi connectivity index (χ1) is 58.9.